The van der Waals surface area contributed by atoms with Crippen LogP contribution in [0.25, 0.3) is 0 Å². The first-order chi connectivity index (χ1) is 8.79. The lowest BCUT2D eigenvalue weighted by Gasteiger charge is -2.31. The van der Waals surface area contributed by atoms with Gasteiger partial charge in [-0.05, 0) is 31.1 Å². The molecule has 0 aliphatic carbocycles. The van der Waals surface area contributed by atoms with Gasteiger partial charge in [-0.2, -0.15) is 11.8 Å². The average molecular weight is 264 g/mol. The number of nitrogens with zero attached hydrogens (tertiary/aromatic N) is 1. The molecule has 100 valence electrons. The largest absolute Gasteiger partial charge is 0.319 e. The highest BCUT2D eigenvalue weighted by molar-refractivity contribution is 7.99. The zero-order valence-corrected chi connectivity index (χ0v) is 12.3. The first kappa shape index (κ1) is 13.9. The monoisotopic (exact) mass is 264 g/mol. The Morgan fingerprint density at radius 2 is 2.11 bits per heavy atom. The third kappa shape index (κ3) is 4.01. The number of thioether (sulfide) groups is 1. The van der Waals surface area contributed by atoms with Crippen molar-refractivity contribution in [2.24, 2.45) is 0 Å². The summed E-state index contributed by atoms with van der Waals surface area (Å²) in [6.07, 6.45) is 1.13. The Balaban J connectivity index is 1.99. The molecule has 0 bridgehead atoms. The fourth-order valence-corrected chi connectivity index (χ4v) is 3.57. The standard InChI is InChI=1S/C15H24N2S/c1-13-11-17(9-10-18-13)12-15-6-4-3-5-14(15)7-8-16-2/h3-6,13,16H,7-12H2,1-2H3. The van der Waals surface area contributed by atoms with Gasteiger partial charge in [-0.15, -0.1) is 0 Å². The summed E-state index contributed by atoms with van der Waals surface area (Å²) < 4.78 is 0. The van der Waals surface area contributed by atoms with Crippen LogP contribution in [0.15, 0.2) is 24.3 Å². The fraction of sp³-hybridized carbons (Fsp3) is 0.600. The molecule has 1 aromatic rings. The third-order valence-corrected chi connectivity index (χ3v) is 4.62. The predicted molar refractivity (Wildman–Crippen MR) is 81.3 cm³/mol. The van der Waals surface area contributed by atoms with E-state index < -0.39 is 0 Å². The van der Waals surface area contributed by atoms with Crippen molar-refractivity contribution in [1.29, 1.82) is 0 Å². The van der Waals surface area contributed by atoms with Crippen molar-refractivity contribution in [2.75, 3.05) is 32.4 Å². The second kappa shape index (κ2) is 7.17. The van der Waals surface area contributed by atoms with E-state index >= 15 is 0 Å². The minimum absolute atomic E-state index is 0.781. The summed E-state index contributed by atoms with van der Waals surface area (Å²) in [5, 5.41) is 4.02. The van der Waals surface area contributed by atoms with E-state index in [0.717, 1.165) is 24.8 Å². The molecule has 1 saturated heterocycles. The highest BCUT2D eigenvalue weighted by atomic mass is 32.2. The van der Waals surface area contributed by atoms with Gasteiger partial charge in [0, 0.05) is 30.6 Å². The van der Waals surface area contributed by atoms with Crippen molar-refractivity contribution in [3.05, 3.63) is 35.4 Å². The molecule has 3 heteroatoms. The molecule has 1 fully saturated rings. The van der Waals surface area contributed by atoms with Crippen molar-refractivity contribution < 1.29 is 0 Å². The van der Waals surface area contributed by atoms with E-state index in [-0.39, 0.29) is 0 Å². The van der Waals surface area contributed by atoms with Gasteiger partial charge in [0.15, 0.2) is 0 Å². The van der Waals surface area contributed by atoms with Gasteiger partial charge in [-0.1, -0.05) is 31.2 Å². The molecular formula is C15H24N2S. The van der Waals surface area contributed by atoms with Crippen molar-refractivity contribution in [1.82, 2.24) is 10.2 Å². The van der Waals surface area contributed by atoms with Crippen molar-refractivity contribution >= 4 is 11.8 Å². The third-order valence-electron chi connectivity index (χ3n) is 3.48. The summed E-state index contributed by atoms with van der Waals surface area (Å²) in [7, 11) is 2.02. The lowest BCUT2D eigenvalue weighted by Crippen LogP contribution is -2.36. The topological polar surface area (TPSA) is 15.3 Å². The van der Waals surface area contributed by atoms with Crippen LogP contribution < -0.4 is 5.32 Å². The van der Waals surface area contributed by atoms with Gasteiger partial charge in [-0.25, -0.2) is 0 Å². The van der Waals surface area contributed by atoms with Crippen LogP contribution in [0.5, 0.6) is 0 Å². The number of rotatable bonds is 5. The molecule has 2 nitrogen and oxygen atoms in total. The van der Waals surface area contributed by atoms with Gasteiger partial charge in [0.1, 0.15) is 0 Å². The van der Waals surface area contributed by atoms with E-state index in [4.69, 9.17) is 0 Å². The van der Waals surface area contributed by atoms with E-state index in [1.807, 2.05) is 7.05 Å². The van der Waals surface area contributed by atoms with E-state index in [0.29, 0.717) is 0 Å². The van der Waals surface area contributed by atoms with Gasteiger partial charge < -0.3 is 5.32 Å². The van der Waals surface area contributed by atoms with Crippen molar-refractivity contribution in [3.8, 4) is 0 Å². The predicted octanol–water partition coefficient (Wildman–Crippen LogP) is 2.39. The molecule has 1 aliphatic heterocycles. The molecule has 1 heterocycles. The fourth-order valence-electron chi connectivity index (χ4n) is 2.49. The van der Waals surface area contributed by atoms with E-state index in [1.54, 1.807) is 0 Å². The van der Waals surface area contributed by atoms with Gasteiger partial charge in [-0.3, -0.25) is 4.90 Å². The Morgan fingerprint density at radius 3 is 2.83 bits per heavy atom. The van der Waals surface area contributed by atoms with Crippen LogP contribution in [-0.4, -0.2) is 42.6 Å². The molecule has 1 atom stereocenters. The zero-order valence-electron chi connectivity index (χ0n) is 11.5. The average Bonchev–Trinajstić information content (AvgIpc) is 2.38. The molecule has 2 rings (SSSR count). The normalized spacial score (nSPS) is 21.1. The summed E-state index contributed by atoms with van der Waals surface area (Å²) >= 11 is 2.10. The minimum atomic E-state index is 0.781. The maximum absolute atomic E-state index is 3.24. The Labute approximate surface area is 115 Å². The zero-order chi connectivity index (χ0) is 12.8. The Bertz CT molecular complexity index is 367. The minimum Gasteiger partial charge on any atom is -0.319 e. The summed E-state index contributed by atoms with van der Waals surface area (Å²) in [6.45, 7) is 6.97. The van der Waals surface area contributed by atoms with Gasteiger partial charge in [0.25, 0.3) is 0 Å². The first-order valence-corrected chi connectivity index (χ1v) is 7.90. The number of benzene rings is 1. The summed E-state index contributed by atoms with van der Waals surface area (Å²) in [5.41, 5.74) is 3.00. The molecule has 1 aliphatic rings. The molecule has 0 radical (unpaired) electrons. The SMILES string of the molecule is CNCCc1ccccc1CN1CCSC(C)C1. The molecule has 0 saturated carbocycles. The molecule has 1 aromatic carbocycles. The second-order valence-electron chi connectivity index (χ2n) is 5.04. The van der Waals surface area contributed by atoms with E-state index in [9.17, 15) is 0 Å². The molecule has 1 N–H and O–H groups in total. The second-order valence-corrected chi connectivity index (χ2v) is 6.59. The lowest BCUT2D eigenvalue weighted by molar-refractivity contribution is 0.277. The van der Waals surface area contributed by atoms with Crippen LogP contribution in [0.3, 0.4) is 0 Å². The molecule has 18 heavy (non-hydrogen) atoms. The van der Waals surface area contributed by atoms with Gasteiger partial charge in [0.2, 0.25) is 0 Å². The van der Waals surface area contributed by atoms with Gasteiger partial charge >= 0.3 is 0 Å². The number of hydrogen-bond donors (Lipinski definition) is 1. The quantitative estimate of drug-likeness (QED) is 0.879. The Morgan fingerprint density at radius 1 is 1.33 bits per heavy atom. The Kier molecular flexibility index (Phi) is 5.54. The summed E-state index contributed by atoms with van der Waals surface area (Å²) in [6, 6.07) is 8.88. The summed E-state index contributed by atoms with van der Waals surface area (Å²) in [5.74, 6) is 1.28. The van der Waals surface area contributed by atoms with Crippen LogP contribution in [0, 0.1) is 0 Å². The van der Waals surface area contributed by atoms with Crippen LogP contribution in [0.4, 0.5) is 0 Å². The van der Waals surface area contributed by atoms with Crippen molar-refractivity contribution in [3.63, 3.8) is 0 Å². The molecule has 0 spiro atoms. The smallest absolute Gasteiger partial charge is 0.0237 e. The van der Waals surface area contributed by atoms with Crippen molar-refractivity contribution in [2.45, 2.75) is 25.1 Å². The Hall–Kier alpha value is -0.510. The summed E-state index contributed by atoms with van der Waals surface area (Å²) in [4.78, 5) is 2.60. The molecule has 1 unspecified atom stereocenters. The maximum atomic E-state index is 3.24. The van der Waals surface area contributed by atoms with Gasteiger partial charge in [0.05, 0.1) is 0 Å². The van der Waals surface area contributed by atoms with Crippen LogP contribution in [-0.2, 0) is 13.0 Å². The maximum Gasteiger partial charge on any atom is 0.0237 e. The highest BCUT2D eigenvalue weighted by Crippen LogP contribution is 2.20. The molecular weight excluding hydrogens is 240 g/mol. The lowest BCUT2D eigenvalue weighted by atomic mass is 10.0. The van der Waals surface area contributed by atoms with E-state index in [2.05, 4.69) is 53.2 Å². The number of nitrogens with one attached hydrogen (secondary N) is 1. The first-order valence-electron chi connectivity index (χ1n) is 6.85. The van der Waals surface area contributed by atoms with Crippen LogP contribution in [0.1, 0.15) is 18.1 Å². The molecule has 0 aromatic heterocycles. The van der Waals surface area contributed by atoms with E-state index in [1.165, 1.54) is 30.0 Å². The molecule has 0 amide bonds. The number of hydrogen-bond acceptors (Lipinski definition) is 3. The van der Waals surface area contributed by atoms with Crippen LogP contribution in [0.2, 0.25) is 0 Å². The highest BCUT2D eigenvalue weighted by Gasteiger charge is 2.17. The number of likely N-dealkylation sites (N-methyl/N-ethyl adjacent to an activating group) is 1. The van der Waals surface area contributed by atoms with Crippen LogP contribution >= 0.6 is 11.8 Å².